The maximum atomic E-state index is 13.7. The van der Waals surface area contributed by atoms with E-state index in [-0.39, 0.29) is 18.3 Å². The van der Waals surface area contributed by atoms with Crippen LogP contribution in [0.15, 0.2) is 42.6 Å². The van der Waals surface area contributed by atoms with Gasteiger partial charge in [-0.2, -0.15) is 5.10 Å². The van der Waals surface area contributed by atoms with E-state index >= 15 is 0 Å². The van der Waals surface area contributed by atoms with Crippen LogP contribution in [0.1, 0.15) is 25.2 Å². The van der Waals surface area contributed by atoms with Gasteiger partial charge in [0.1, 0.15) is 24.0 Å². The van der Waals surface area contributed by atoms with E-state index in [0.717, 1.165) is 30.3 Å². The molecule has 4 rings (SSSR count). The Morgan fingerprint density at radius 2 is 1.91 bits per heavy atom. The molecule has 32 heavy (non-hydrogen) atoms. The first-order chi connectivity index (χ1) is 15.4. The summed E-state index contributed by atoms with van der Waals surface area (Å²) >= 11 is 0. The zero-order chi connectivity index (χ0) is 22.7. The minimum atomic E-state index is -0.254. The lowest BCUT2D eigenvalue weighted by Crippen LogP contribution is -2.50. The molecule has 0 atom stereocenters. The third kappa shape index (κ3) is 4.95. The van der Waals surface area contributed by atoms with Gasteiger partial charge in [0.25, 0.3) is 0 Å². The number of piperazine rings is 1. The average molecular weight is 437 g/mol. The SMILES string of the molecule is Cc1cc(-c2nc(CC(C)C)n(CC(=O)N3CCN(c4ccccn4)CC3)n2)ccc1F. The van der Waals surface area contributed by atoms with Gasteiger partial charge < -0.3 is 9.80 Å². The molecule has 1 aromatic carbocycles. The van der Waals surface area contributed by atoms with E-state index in [4.69, 9.17) is 0 Å². The Morgan fingerprint density at radius 1 is 1.12 bits per heavy atom. The number of halogens is 1. The summed E-state index contributed by atoms with van der Waals surface area (Å²) in [4.78, 5) is 26.2. The number of nitrogens with zero attached hydrogens (tertiary/aromatic N) is 6. The van der Waals surface area contributed by atoms with Crippen molar-refractivity contribution in [2.24, 2.45) is 5.92 Å². The molecule has 1 saturated heterocycles. The molecule has 168 valence electrons. The third-order valence-corrected chi connectivity index (χ3v) is 5.65. The fraction of sp³-hybridized carbons (Fsp3) is 0.417. The maximum absolute atomic E-state index is 13.7. The second-order valence-corrected chi connectivity index (χ2v) is 8.63. The summed E-state index contributed by atoms with van der Waals surface area (Å²) in [7, 11) is 0. The van der Waals surface area contributed by atoms with Gasteiger partial charge in [-0.25, -0.2) is 19.0 Å². The van der Waals surface area contributed by atoms with Crippen LogP contribution in [0, 0.1) is 18.7 Å². The van der Waals surface area contributed by atoms with Gasteiger partial charge in [0.2, 0.25) is 5.91 Å². The molecule has 8 heteroatoms. The highest BCUT2D eigenvalue weighted by molar-refractivity contribution is 5.76. The second-order valence-electron chi connectivity index (χ2n) is 8.63. The van der Waals surface area contributed by atoms with Crippen molar-refractivity contribution in [2.75, 3.05) is 31.1 Å². The molecule has 3 aromatic rings. The molecule has 2 aromatic heterocycles. The summed E-state index contributed by atoms with van der Waals surface area (Å²) in [5.41, 5.74) is 1.30. The molecule has 0 aliphatic carbocycles. The van der Waals surface area contributed by atoms with Crippen molar-refractivity contribution in [3.05, 3.63) is 59.8 Å². The number of rotatable bonds is 6. The van der Waals surface area contributed by atoms with E-state index in [1.807, 2.05) is 23.1 Å². The van der Waals surface area contributed by atoms with Gasteiger partial charge in [0, 0.05) is 44.4 Å². The molecule has 7 nitrogen and oxygen atoms in total. The number of hydrogen-bond donors (Lipinski definition) is 0. The normalized spacial score (nSPS) is 14.3. The van der Waals surface area contributed by atoms with Gasteiger partial charge in [0.05, 0.1) is 0 Å². The number of anilines is 1. The molecule has 1 amide bonds. The van der Waals surface area contributed by atoms with Gasteiger partial charge in [-0.15, -0.1) is 0 Å². The van der Waals surface area contributed by atoms with Crippen molar-refractivity contribution < 1.29 is 9.18 Å². The van der Waals surface area contributed by atoms with Crippen molar-refractivity contribution in [1.29, 1.82) is 0 Å². The minimum absolute atomic E-state index is 0.0300. The third-order valence-electron chi connectivity index (χ3n) is 5.65. The largest absolute Gasteiger partial charge is 0.353 e. The smallest absolute Gasteiger partial charge is 0.244 e. The molecule has 1 aliphatic rings. The summed E-state index contributed by atoms with van der Waals surface area (Å²) in [6, 6.07) is 10.7. The van der Waals surface area contributed by atoms with Crippen molar-refractivity contribution >= 4 is 11.7 Å². The molecule has 0 unspecified atom stereocenters. The van der Waals surface area contributed by atoms with Crippen molar-refractivity contribution in [3.63, 3.8) is 0 Å². The Morgan fingerprint density at radius 3 is 2.56 bits per heavy atom. The van der Waals surface area contributed by atoms with Crippen LogP contribution in [-0.4, -0.2) is 56.7 Å². The van der Waals surface area contributed by atoms with Crippen LogP contribution < -0.4 is 4.90 Å². The number of hydrogen-bond acceptors (Lipinski definition) is 5. The molecular formula is C24H29FN6O. The first-order valence-corrected chi connectivity index (χ1v) is 11.0. The number of carbonyl (C=O) groups is 1. The first-order valence-electron chi connectivity index (χ1n) is 11.0. The van der Waals surface area contributed by atoms with Gasteiger partial charge in [-0.1, -0.05) is 19.9 Å². The second kappa shape index (κ2) is 9.46. The topological polar surface area (TPSA) is 67.2 Å². The number of benzene rings is 1. The highest BCUT2D eigenvalue weighted by Crippen LogP contribution is 2.21. The van der Waals surface area contributed by atoms with Crippen LogP contribution in [0.2, 0.25) is 0 Å². The van der Waals surface area contributed by atoms with Gasteiger partial charge >= 0.3 is 0 Å². The van der Waals surface area contributed by atoms with Crippen LogP contribution in [0.3, 0.4) is 0 Å². The van der Waals surface area contributed by atoms with E-state index in [2.05, 4.69) is 33.8 Å². The van der Waals surface area contributed by atoms with Crippen LogP contribution in [0.25, 0.3) is 11.4 Å². The predicted octanol–water partition coefficient (Wildman–Crippen LogP) is 3.33. The quantitative estimate of drug-likeness (QED) is 0.593. The molecule has 0 spiro atoms. The van der Waals surface area contributed by atoms with E-state index in [1.54, 1.807) is 29.9 Å². The molecule has 0 radical (unpaired) electrons. The zero-order valence-corrected chi connectivity index (χ0v) is 18.8. The summed E-state index contributed by atoms with van der Waals surface area (Å²) in [6.45, 7) is 8.88. The summed E-state index contributed by atoms with van der Waals surface area (Å²) in [5.74, 6) is 2.39. The predicted molar refractivity (Wildman–Crippen MR) is 122 cm³/mol. The molecular weight excluding hydrogens is 407 g/mol. The van der Waals surface area contributed by atoms with Crippen molar-refractivity contribution in [3.8, 4) is 11.4 Å². The number of aromatic nitrogens is 4. The number of amides is 1. The molecule has 0 saturated carbocycles. The zero-order valence-electron chi connectivity index (χ0n) is 18.8. The fourth-order valence-corrected chi connectivity index (χ4v) is 3.88. The lowest BCUT2D eigenvalue weighted by molar-refractivity contribution is -0.132. The summed E-state index contributed by atoms with van der Waals surface area (Å²) < 4.78 is 15.4. The number of pyridine rings is 1. The Kier molecular flexibility index (Phi) is 6.48. The van der Waals surface area contributed by atoms with Gasteiger partial charge in [-0.05, 0) is 48.7 Å². The van der Waals surface area contributed by atoms with E-state index in [0.29, 0.717) is 36.8 Å². The van der Waals surface area contributed by atoms with Gasteiger partial charge in [-0.3, -0.25) is 4.79 Å². The lowest BCUT2D eigenvalue weighted by atomic mass is 10.1. The van der Waals surface area contributed by atoms with Crippen LogP contribution in [0.4, 0.5) is 10.2 Å². The van der Waals surface area contributed by atoms with E-state index < -0.39 is 0 Å². The highest BCUT2D eigenvalue weighted by atomic mass is 19.1. The molecule has 1 fully saturated rings. The van der Waals surface area contributed by atoms with Crippen LogP contribution in [0.5, 0.6) is 0 Å². The standard InChI is InChI=1S/C24H29FN6O/c1-17(2)14-22-27-24(19-7-8-20(25)18(3)15-19)28-31(22)16-23(32)30-12-10-29(11-13-30)21-6-4-5-9-26-21/h4-9,15,17H,10-14,16H2,1-3H3. The average Bonchev–Trinajstić information content (AvgIpc) is 3.17. The van der Waals surface area contributed by atoms with Crippen LogP contribution in [-0.2, 0) is 17.8 Å². The van der Waals surface area contributed by atoms with E-state index in [1.165, 1.54) is 6.07 Å². The molecule has 1 aliphatic heterocycles. The lowest BCUT2D eigenvalue weighted by Gasteiger charge is -2.35. The van der Waals surface area contributed by atoms with Crippen LogP contribution >= 0.6 is 0 Å². The number of carbonyl (C=O) groups excluding carboxylic acids is 1. The monoisotopic (exact) mass is 436 g/mol. The Hall–Kier alpha value is -3.29. The molecule has 3 heterocycles. The van der Waals surface area contributed by atoms with Gasteiger partial charge in [0.15, 0.2) is 5.82 Å². The Labute approximate surface area is 187 Å². The fourth-order valence-electron chi connectivity index (χ4n) is 3.88. The number of aryl methyl sites for hydroxylation is 1. The molecule has 0 N–H and O–H groups in total. The maximum Gasteiger partial charge on any atom is 0.244 e. The van der Waals surface area contributed by atoms with Crippen molar-refractivity contribution in [1.82, 2.24) is 24.6 Å². The Bertz CT molecular complexity index is 1070. The summed E-state index contributed by atoms with van der Waals surface area (Å²) in [5, 5.41) is 4.62. The van der Waals surface area contributed by atoms with Crippen molar-refractivity contribution in [2.45, 2.75) is 33.7 Å². The summed E-state index contributed by atoms with van der Waals surface area (Å²) in [6.07, 6.45) is 2.50. The molecule has 0 bridgehead atoms. The Balaban J connectivity index is 1.47. The minimum Gasteiger partial charge on any atom is -0.353 e. The first kappa shape index (κ1) is 21.9. The van der Waals surface area contributed by atoms with E-state index in [9.17, 15) is 9.18 Å². The highest BCUT2D eigenvalue weighted by Gasteiger charge is 2.24.